The monoisotopic (exact) mass is 165 g/mol. The van der Waals surface area contributed by atoms with E-state index in [1.807, 2.05) is 6.07 Å². The van der Waals surface area contributed by atoms with Crippen LogP contribution in [0.15, 0.2) is 12.2 Å². The molecule has 2 N–H and O–H groups in total. The molecule has 1 aliphatic rings. The molecule has 64 valence electrons. The molecule has 0 aromatic heterocycles. The maximum atomic E-state index is 11.3. The molecule has 12 heavy (non-hydrogen) atoms. The van der Waals surface area contributed by atoms with Gasteiger partial charge in [-0.3, -0.25) is 4.79 Å². The third-order valence-electron chi connectivity index (χ3n) is 1.76. The van der Waals surface area contributed by atoms with Crippen molar-refractivity contribution >= 4 is 5.91 Å². The molecule has 0 aromatic rings. The summed E-state index contributed by atoms with van der Waals surface area (Å²) in [6.45, 7) is 2.12. The number of hydrogen-bond acceptors (Lipinski definition) is 3. The molecule has 0 fully saturated rings. The number of rotatable bonds is 1. The topological polar surface area (TPSA) is 70.1 Å². The predicted octanol–water partition coefficient (Wildman–Crippen LogP) is -0.376. The van der Waals surface area contributed by atoms with Gasteiger partial charge in [-0.25, -0.2) is 0 Å². The first-order valence-electron chi connectivity index (χ1n) is 3.79. The van der Waals surface area contributed by atoms with Crippen LogP contribution in [-0.4, -0.2) is 29.4 Å². The van der Waals surface area contributed by atoms with Gasteiger partial charge < -0.3 is 10.6 Å². The number of carbonyl (C=O) groups excluding carboxylic acids is 1. The van der Waals surface area contributed by atoms with Crippen LogP contribution in [0.25, 0.3) is 0 Å². The Morgan fingerprint density at radius 3 is 3.08 bits per heavy atom. The summed E-state index contributed by atoms with van der Waals surface area (Å²) in [7, 11) is 0. The van der Waals surface area contributed by atoms with Gasteiger partial charge in [0, 0.05) is 6.54 Å². The van der Waals surface area contributed by atoms with E-state index in [9.17, 15) is 4.79 Å². The Morgan fingerprint density at radius 1 is 1.92 bits per heavy atom. The molecule has 4 nitrogen and oxygen atoms in total. The van der Waals surface area contributed by atoms with Crippen LogP contribution in [0.4, 0.5) is 0 Å². The van der Waals surface area contributed by atoms with E-state index >= 15 is 0 Å². The zero-order valence-corrected chi connectivity index (χ0v) is 6.90. The largest absolute Gasteiger partial charge is 0.320 e. The molecule has 4 heteroatoms. The highest BCUT2D eigenvalue weighted by molar-refractivity contribution is 5.82. The Bertz CT molecular complexity index is 252. The first-order valence-corrected chi connectivity index (χ1v) is 3.79. The minimum absolute atomic E-state index is 0.174. The molecule has 0 aliphatic carbocycles. The van der Waals surface area contributed by atoms with Gasteiger partial charge in [0.05, 0.1) is 12.1 Å². The number of carbonyl (C=O) groups is 1. The van der Waals surface area contributed by atoms with Gasteiger partial charge in [0.2, 0.25) is 5.91 Å². The molecule has 1 heterocycles. The molecule has 0 saturated carbocycles. The lowest BCUT2D eigenvalue weighted by atomic mass is 10.2. The van der Waals surface area contributed by atoms with Crippen LogP contribution in [-0.2, 0) is 4.79 Å². The van der Waals surface area contributed by atoms with Gasteiger partial charge >= 0.3 is 0 Å². The predicted molar refractivity (Wildman–Crippen MR) is 43.9 cm³/mol. The lowest BCUT2D eigenvalue weighted by molar-refractivity contribution is -0.131. The Labute approximate surface area is 71.3 Å². The Morgan fingerprint density at radius 2 is 2.58 bits per heavy atom. The van der Waals surface area contributed by atoms with Crippen LogP contribution in [0.1, 0.15) is 6.92 Å². The molecule has 0 aromatic carbocycles. The first kappa shape index (κ1) is 8.75. The Kier molecular flexibility index (Phi) is 2.46. The normalized spacial score (nSPS) is 23.8. The lowest BCUT2D eigenvalue weighted by Crippen LogP contribution is -2.44. The summed E-state index contributed by atoms with van der Waals surface area (Å²) >= 11 is 0. The van der Waals surface area contributed by atoms with E-state index in [1.165, 1.54) is 4.90 Å². The van der Waals surface area contributed by atoms with E-state index in [0.717, 1.165) is 0 Å². The lowest BCUT2D eigenvalue weighted by Gasteiger charge is -2.21. The van der Waals surface area contributed by atoms with Gasteiger partial charge in [-0.1, -0.05) is 6.08 Å². The number of hydrogen-bond donors (Lipinski definition) is 1. The Balaban J connectivity index is 2.66. The highest BCUT2D eigenvalue weighted by Crippen LogP contribution is 2.09. The summed E-state index contributed by atoms with van der Waals surface area (Å²) in [4.78, 5) is 12.8. The van der Waals surface area contributed by atoms with Gasteiger partial charge in [-0.05, 0) is 13.0 Å². The summed E-state index contributed by atoms with van der Waals surface area (Å²) in [5.41, 5.74) is 5.40. The van der Waals surface area contributed by atoms with Crippen LogP contribution >= 0.6 is 0 Å². The number of nitriles is 1. The molecule has 1 aliphatic heterocycles. The summed E-state index contributed by atoms with van der Waals surface area (Å²) in [6.07, 6.45) is 3.51. The second-order valence-corrected chi connectivity index (χ2v) is 2.78. The van der Waals surface area contributed by atoms with Gasteiger partial charge in [0.25, 0.3) is 0 Å². The standard InChI is InChI=1S/C8H11N3O/c1-6(10)8(12)11-4-2-3-7(11)5-9/h2-3,6-7H,4,10H2,1H3/t6-,7-/m0/s1. The third kappa shape index (κ3) is 1.46. The number of nitrogens with two attached hydrogens (primary N) is 1. The van der Waals surface area contributed by atoms with Crippen LogP contribution in [0.2, 0.25) is 0 Å². The average Bonchev–Trinajstić information content (AvgIpc) is 2.49. The van der Waals surface area contributed by atoms with Crippen molar-refractivity contribution in [3.63, 3.8) is 0 Å². The zero-order valence-electron chi connectivity index (χ0n) is 6.90. The quantitative estimate of drug-likeness (QED) is 0.538. The highest BCUT2D eigenvalue weighted by atomic mass is 16.2. The number of amides is 1. The van der Waals surface area contributed by atoms with Crippen molar-refractivity contribution < 1.29 is 4.79 Å². The van der Waals surface area contributed by atoms with Crippen molar-refractivity contribution in [1.82, 2.24) is 4.90 Å². The van der Waals surface area contributed by atoms with Gasteiger partial charge in [0.15, 0.2) is 0 Å². The van der Waals surface area contributed by atoms with E-state index in [4.69, 9.17) is 11.0 Å². The van der Waals surface area contributed by atoms with Crippen LogP contribution in [0.5, 0.6) is 0 Å². The fourth-order valence-electron chi connectivity index (χ4n) is 1.12. The van der Waals surface area contributed by atoms with Crippen molar-refractivity contribution in [2.45, 2.75) is 19.0 Å². The molecule has 0 radical (unpaired) electrons. The van der Waals surface area contributed by atoms with Crippen molar-refractivity contribution in [3.8, 4) is 6.07 Å². The summed E-state index contributed by atoms with van der Waals surface area (Å²) < 4.78 is 0. The van der Waals surface area contributed by atoms with E-state index in [0.29, 0.717) is 6.54 Å². The van der Waals surface area contributed by atoms with E-state index in [2.05, 4.69) is 0 Å². The molecule has 0 bridgehead atoms. The van der Waals surface area contributed by atoms with Crippen LogP contribution in [0, 0.1) is 11.3 Å². The first-order chi connectivity index (χ1) is 5.66. The maximum Gasteiger partial charge on any atom is 0.240 e. The summed E-state index contributed by atoms with van der Waals surface area (Å²) in [5, 5.41) is 8.63. The van der Waals surface area contributed by atoms with Gasteiger partial charge in [-0.15, -0.1) is 0 Å². The molecular formula is C8H11N3O. The van der Waals surface area contributed by atoms with Crippen molar-refractivity contribution in [2.75, 3.05) is 6.54 Å². The minimum Gasteiger partial charge on any atom is -0.320 e. The van der Waals surface area contributed by atoms with Crippen LogP contribution < -0.4 is 5.73 Å². The van der Waals surface area contributed by atoms with Crippen molar-refractivity contribution in [3.05, 3.63) is 12.2 Å². The van der Waals surface area contributed by atoms with E-state index < -0.39 is 12.1 Å². The zero-order chi connectivity index (χ0) is 9.14. The number of nitrogens with zero attached hydrogens (tertiary/aromatic N) is 2. The molecule has 0 spiro atoms. The summed E-state index contributed by atoms with van der Waals surface area (Å²) in [6, 6.07) is 1.06. The maximum absolute atomic E-state index is 11.3. The van der Waals surface area contributed by atoms with E-state index in [-0.39, 0.29) is 5.91 Å². The molecule has 1 rings (SSSR count). The fraction of sp³-hybridized carbons (Fsp3) is 0.500. The Hall–Kier alpha value is -1.34. The van der Waals surface area contributed by atoms with Crippen LogP contribution in [0.3, 0.4) is 0 Å². The van der Waals surface area contributed by atoms with Gasteiger partial charge in [-0.2, -0.15) is 5.26 Å². The second-order valence-electron chi connectivity index (χ2n) is 2.78. The summed E-state index contributed by atoms with van der Waals surface area (Å²) in [5.74, 6) is -0.174. The molecule has 2 atom stereocenters. The molecule has 0 saturated heterocycles. The second kappa shape index (κ2) is 3.37. The minimum atomic E-state index is -0.527. The SMILES string of the molecule is C[C@H](N)C(=O)N1CC=C[C@H]1C#N. The smallest absolute Gasteiger partial charge is 0.240 e. The average molecular weight is 165 g/mol. The molecule has 1 amide bonds. The molecular weight excluding hydrogens is 154 g/mol. The fourth-order valence-corrected chi connectivity index (χ4v) is 1.12. The third-order valence-corrected chi connectivity index (χ3v) is 1.76. The highest BCUT2D eigenvalue weighted by Gasteiger charge is 2.25. The molecule has 0 unspecified atom stereocenters. The van der Waals surface area contributed by atoms with Gasteiger partial charge in [0.1, 0.15) is 6.04 Å². The van der Waals surface area contributed by atoms with E-state index in [1.54, 1.807) is 19.1 Å². The van der Waals surface area contributed by atoms with Crippen molar-refractivity contribution in [2.24, 2.45) is 5.73 Å². The van der Waals surface area contributed by atoms with Crippen molar-refractivity contribution in [1.29, 1.82) is 5.26 Å².